The summed E-state index contributed by atoms with van der Waals surface area (Å²) in [5, 5.41) is 0. The Morgan fingerprint density at radius 1 is 0.778 bits per heavy atom. The van der Waals surface area contributed by atoms with Crippen LogP contribution in [0.25, 0.3) is 11.3 Å². The molecular weight excluding hydrogens is 343 g/mol. The van der Waals surface area contributed by atoms with Gasteiger partial charge in [-0.25, -0.2) is 9.37 Å². The van der Waals surface area contributed by atoms with Crippen LogP contribution in [0.2, 0.25) is 0 Å². The standard InChI is InChI=1S/C22H17FN2O2/c23-17-8-12-20(13-9-17)27-19-10-6-16(7-11-19)21-14-24-22(25-21)15-26-18-4-2-1-3-5-18/h1-14H,15H2,(H,24,25). The molecule has 0 spiro atoms. The van der Waals surface area contributed by atoms with Crippen LogP contribution in [0.5, 0.6) is 17.2 Å². The van der Waals surface area contributed by atoms with Gasteiger partial charge in [0.1, 0.15) is 35.5 Å². The number of aromatic amines is 1. The highest BCUT2D eigenvalue weighted by atomic mass is 19.1. The maximum absolute atomic E-state index is 12.9. The average Bonchev–Trinajstić information content (AvgIpc) is 3.19. The maximum Gasteiger partial charge on any atom is 0.146 e. The predicted octanol–water partition coefficient (Wildman–Crippen LogP) is 5.59. The van der Waals surface area contributed by atoms with Crippen LogP contribution < -0.4 is 9.47 Å². The van der Waals surface area contributed by atoms with Gasteiger partial charge in [-0.05, 0) is 66.2 Å². The normalized spacial score (nSPS) is 10.6. The van der Waals surface area contributed by atoms with Crippen LogP contribution in [0.15, 0.2) is 85.1 Å². The van der Waals surface area contributed by atoms with Gasteiger partial charge >= 0.3 is 0 Å². The van der Waals surface area contributed by atoms with Crippen molar-refractivity contribution in [1.82, 2.24) is 9.97 Å². The first-order valence-corrected chi connectivity index (χ1v) is 8.52. The fraction of sp³-hybridized carbons (Fsp3) is 0.0455. The molecule has 4 rings (SSSR count). The smallest absolute Gasteiger partial charge is 0.146 e. The summed E-state index contributed by atoms with van der Waals surface area (Å²) in [7, 11) is 0. The molecule has 0 amide bonds. The van der Waals surface area contributed by atoms with Gasteiger partial charge in [0, 0.05) is 0 Å². The lowest BCUT2D eigenvalue weighted by molar-refractivity contribution is 0.297. The highest BCUT2D eigenvalue weighted by Gasteiger charge is 2.05. The summed E-state index contributed by atoms with van der Waals surface area (Å²) in [6.45, 7) is 0.371. The van der Waals surface area contributed by atoms with Crippen molar-refractivity contribution in [3.8, 4) is 28.5 Å². The van der Waals surface area contributed by atoms with Crippen LogP contribution in [0.1, 0.15) is 5.82 Å². The van der Waals surface area contributed by atoms with Crippen molar-refractivity contribution >= 4 is 0 Å². The molecule has 0 saturated carbocycles. The number of ether oxygens (including phenoxy) is 2. The Bertz CT molecular complexity index is 997. The number of aromatic nitrogens is 2. The molecule has 134 valence electrons. The summed E-state index contributed by atoms with van der Waals surface area (Å²) >= 11 is 0. The molecule has 0 bridgehead atoms. The molecule has 4 nitrogen and oxygen atoms in total. The minimum atomic E-state index is -0.288. The van der Waals surface area contributed by atoms with E-state index in [4.69, 9.17) is 9.47 Å². The number of hydrogen-bond acceptors (Lipinski definition) is 3. The molecule has 1 aromatic heterocycles. The Hall–Kier alpha value is -3.60. The van der Waals surface area contributed by atoms with Crippen molar-refractivity contribution in [2.75, 3.05) is 0 Å². The van der Waals surface area contributed by atoms with Crippen LogP contribution in [-0.2, 0) is 6.61 Å². The van der Waals surface area contributed by atoms with E-state index in [0.717, 1.165) is 22.8 Å². The number of para-hydroxylation sites is 1. The topological polar surface area (TPSA) is 47.1 Å². The van der Waals surface area contributed by atoms with Gasteiger partial charge in [0.25, 0.3) is 0 Å². The molecule has 0 aliphatic carbocycles. The Morgan fingerprint density at radius 2 is 1.44 bits per heavy atom. The molecule has 0 fully saturated rings. The van der Waals surface area contributed by atoms with Crippen LogP contribution in [0, 0.1) is 5.82 Å². The zero-order valence-electron chi connectivity index (χ0n) is 14.4. The van der Waals surface area contributed by atoms with Gasteiger partial charge in [0.2, 0.25) is 0 Å². The van der Waals surface area contributed by atoms with Crippen molar-refractivity contribution < 1.29 is 13.9 Å². The molecule has 1 heterocycles. The van der Waals surface area contributed by atoms with E-state index in [2.05, 4.69) is 9.97 Å². The van der Waals surface area contributed by atoms with Gasteiger partial charge in [-0.15, -0.1) is 0 Å². The quantitative estimate of drug-likeness (QED) is 0.488. The molecule has 3 aromatic carbocycles. The van der Waals surface area contributed by atoms with E-state index in [-0.39, 0.29) is 5.82 Å². The molecule has 4 aromatic rings. The number of rotatable bonds is 6. The van der Waals surface area contributed by atoms with E-state index in [1.807, 2.05) is 54.6 Å². The van der Waals surface area contributed by atoms with E-state index in [1.165, 1.54) is 12.1 Å². The highest BCUT2D eigenvalue weighted by molar-refractivity contribution is 5.59. The molecular formula is C22H17FN2O2. The SMILES string of the molecule is Fc1ccc(Oc2ccc(-c3cnc(COc4ccccc4)[nH]3)cc2)cc1. The second-order valence-electron chi connectivity index (χ2n) is 5.93. The molecule has 0 aliphatic rings. The van der Waals surface area contributed by atoms with Gasteiger partial charge < -0.3 is 14.5 Å². The number of halogens is 1. The van der Waals surface area contributed by atoms with Crippen molar-refractivity contribution in [2.24, 2.45) is 0 Å². The molecule has 5 heteroatoms. The van der Waals surface area contributed by atoms with Gasteiger partial charge in [0.15, 0.2) is 0 Å². The number of H-pyrrole nitrogens is 1. The predicted molar refractivity (Wildman–Crippen MR) is 101 cm³/mol. The van der Waals surface area contributed by atoms with Gasteiger partial charge in [-0.2, -0.15) is 0 Å². The molecule has 0 atom stereocenters. The van der Waals surface area contributed by atoms with Crippen LogP contribution in [0.3, 0.4) is 0 Å². The lowest BCUT2D eigenvalue weighted by atomic mass is 10.1. The minimum absolute atomic E-state index is 0.288. The fourth-order valence-corrected chi connectivity index (χ4v) is 2.59. The molecule has 0 saturated heterocycles. The highest BCUT2D eigenvalue weighted by Crippen LogP contribution is 2.25. The first kappa shape index (κ1) is 16.8. The van der Waals surface area contributed by atoms with Gasteiger partial charge in [-0.1, -0.05) is 18.2 Å². The van der Waals surface area contributed by atoms with E-state index in [9.17, 15) is 4.39 Å². The molecule has 0 aliphatic heterocycles. The fourth-order valence-electron chi connectivity index (χ4n) is 2.59. The molecule has 0 unspecified atom stereocenters. The summed E-state index contributed by atoms with van der Waals surface area (Å²) in [5.74, 6) is 2.53. The van der Waals surface area contributed by atoms with E-state index < -0.39 is 0 Å². The Balaban J connectivity index is 1.40. The van der Waals surface area contributed by atoms with Gasteiger partial charge in [-0.3, -0.25) is 0 Å². The molecule has 1 N–H and O–H groups in total. The summed E-state index contributed by atoms with van der Waals surface area (Å²) in [6.07, 6.45) is 1.78. The minimum Gasteiger partial charge on any atom is -0.486 e. The summed E-state index contributed by atoms with van der Waals surface area (Å²) in [6, 6.07) is 23.1. The third-order valence-corrected chi connectivity index (χ3v) is 3.96. The molecule has 27 heavy (non-hydrogen) atoms. The zero-order chi connectivity index (χ0) is 18.5. The summed E-state index contributed by atoms with van der Waals surface area (Å²) < 4.78 is 24.3. The summed E-state index contributed by atoms with van der Waals surface area (Å²) in [4.78, 5) is 7.62. The number of nitrogens with zero attached hydrogens (tertiary/aromatic N) is 1. The van der Waals surface area contributed by atoms with Crippen molar-refractivity contribution in [3.63, 3.8) is 0 Å². The van der Waals surface area contributed by atoms with Crippen molar-refractivity contribution in [2.45, 2.75) is 6.61 Å². The Morgan fingerprint density at radius 3 is 2.15 bits per heavy atom. The second kappa shape index (κ2) is 7.74. The van der Waals surface area contributed by atoms with Crippen molar-refractivity contribution in [3.05, 3.63) is 96.7 Å². The second-order valence-corrected chi connectivity index (χ2v) is 5.93. The number of hydrogen-bond donors (Lipinski definition) is 1. The van der Waals surface area contributed by atoms with E-state index >= 15 is 0 Å². The van der Waals surface area contributed by atoms with Crippen molar-refractivity contribution in [1.29, 1.82) is 0 Å². The first-order chi connectivity index (χ1) is 13.3. The third kappa shape index (κ3) is 4.33. The largest absolute Gasteiger partial charge is 0.486 e. The lowest BCUT2D eigenvalue weighted by Crippen LogP contribution is -1.97. The monoisotopic (exact) mass is 360 g/mol. The number of nitrogens with one attached hydrogen (secondary N) is 1. The number of benzene rings is 3. The first-order valence-electron chi connectivity index (χ1n) is 8.52. The number of imidazole rings is 1. The molecule has 0 radical (unpaired) electrons. The Labute approximate surface area is 156 Å². The van der Waals surface area contributed by atoms with Crippen LogP contribution in [0.4, 0.5) is 4.39 Å². The van der Waals surface area contributed by atoms with E-state index in [0.29, 0.717) is 18.1 Å². The summed E-state index contributed by atoms with van der Waals surface area (Å²) in [5.41, 5.74) is 1.88. The zero-order valence-corrected chi connectivity index (χ0v) is 14.4. The van der Waals surface area contributed by atoms with E-state index in [1.54, 1.807) is 18.3 Å². The Kier molecular flexibility index (Phi) is 4.83. The maximum atomic E-state index is 12.9. The van der Waals surface area contributed by atoms with Crippen LogP contribution >= 0.6 is 0 Å². The average molecular weight is 360 g/mol. The van der Waals surface area contributed by atoms with Crippen LogP contribution in [-0.4, -0.2) is 9.97 Å². The van der Waals surface area contributed by atoms with Gasteiger partial charge in [0.05, 0.1) is 11.9 Å². The lowest BCUT2D eigenvalue weighted by Gasteiger charge is -2.06. The third-order valence-electron chi connectivity index (χ3n) is 3.96.